The minimum absolute atomic E-state index is 0.168. The molecule has 0 aliphatic carbocycles. The Balaban J connectivity index is 1.83. The van der Waals surface area contributed by atoms with Gasteiger partial charge in [0, 0.05) is 36.5 Å². The van der Waals surface area contributed by atoms with Crippen molar-refractivity contribution in [1.29, 1.82) is 0 Å². The van der Waals surface area contributed by atoms with Gasteiger partial charge >= 0.3 is 0 Å². The number of nitrogens with zero attached hydrogens (tertiary/aromatic N) is 2. The van der Waals surface area contributed by atoms with Gasteiger partial charge in [-0.1, -0.05) is 0 Å². The van der Waals surface area contributed by atoms with Gasteiger partial charge in [0.05, 0.1) is 7.11 Å². The zero-order valence-electron chi connectivity index (χ0n) is 18.8. The first-order valence-electron chi connectivity index (χ1n) is 11.2. The van der Waals surface area contributed by atoms with E-state index in [2.05, 4.69) is 48.4 Å². The molecule has 5 heteroatoms. The number of carbonyl (C=O) groups excluding carboxylic acids is 1. The molecule has 0 fully saturated rings. The lowest BCUT2D eigenvalue weighted by atomic mass is 9.94. The van der Waals surface area contributed by atoms with E-state index in [1.54, 1.807) is 7.11 Å². The van der Waals surface area contributed by atoms with Crippen molar-refractivity contribution in [2.75, 3.05) is 20.3 Å². The molecule has 0 spiro atoms. The van der Waals surface area contributed by atoms with Gasteiger partial charge in [-0.05, 0) is 94.2 Å². The molecule has 0 atom stereocenters. The summed E-state index contributed by atoms with van der Waals surface area (Å²) in [5.74, 6) is 1.07. The third-order valence-electron chi connectivity index (χ3n) is 6.50. The van der Waals surface area contributed by atoms with Crippen LogP contribution in [0.3, 0.4) is 0 Å². The van der Waals surface area contributed by atoms with Crippen molar-refractivity contribution in [1.82, 2.24) is 9.47 Å². The van der Waals surface area contributed by atoms with Gasteiger partial charge in [-0.2, -0.15) is 0 Å². The molecule has 1 N–H and O–H groups in total. The predicted molar refractivity (Wildman–Crippen MR) is 119 cm³/mol. The van der Waals surface area contributed by atoms with Crippen LogP contribution in [0.4, 0.5) is 0 Å². The summed E-state index contributed by atoms with van der Waals surface area (Å²) in [5.41, 5.74) is 6.64. The first-order valence-corrected chi connectivity index (χ1v) is 11.2. The number of amides is 1. The first kappa shape index (κ1) is 21.0. The number of aryl methyl sites for hydroxylation is 3. The van der Waals surface area contributed by atoms with Gasteiger partial charge in [0.1, 0.15) is 11.4 Å². The number of hydrogen-bond donors (Lipinski definition) is 1. The summed E-state index contributed by atoms with van der Waals surface area (Å²) < 4.78 is 7.89. The Hall–Kier alpha value is -2.27. The fraction of sp³-hybridized carbons (Fsp3) is 0.560. The molecule has 30 heavy (non-hydrogen) atoms. The van der Waals surface area contributed by atoms with Crippen LogP contribution in [0, 0.1) is 0 Å². The molecule has 1 aromatic carbocycles. The molecule has 1 aromatic heterocycles. The van der Waals surface area contributed by atoms with Gasteiger partial charge in [-0.3, -0.25) is 4.79 Å². The van der Waals surface area contributed by atoms with Crippen molar-refractivity contribution in [3.8, 4) is 17.0 Å². The smallest absolute Gasteiger partial charge is 0.271 e. The minimum atomic E-state index is -0.187. The van der Waals surface area contributed by atoms with Gasteiger partial charge in [-0.15, -0.1) is 0 Å². The molecule has 3 heterocycles. The van der Waals surface area contributed by atoms with Crippen LogP contribution >= 0.6 is 0 Å². The third kappa shape index (κ3) is 3.64. The van der Waals surface area contributed by atoms with Crippen molar-refractivity contribution in [3.05, 3.63) is 40.6 Å². The molecule has 0 saturated carbocycles. The number of aliphatic hydroxyl groups is 1. The van der Waals surface area contributed by atoms with E-state index in [4.69, 9.17) is 4.74 Å². The number of aromatic nitrogens is 1. The van der Waals surface area contributed by atoms with E-state index in [1.165, 1.54) is 16.7 Å². The van der Waals surface area contributed by atoms with E-state index in [-0.39, 0.29) is 18.1 Å². The van der Waals surface area contributed by atoms with Crippen molar-refractivity contribution < 1.29 is 14.6 Å². The molecule has 162 valence electrons. The van der Waals surface area contributed by atoms with Gasteiger partial charge < -0.3 is 19.3 Å². The Morgan fingerprint density at radius 2 is 1.87 bits per heavy atom. The molecule has 0 unspecified atom stereocenters. The normalized spacial score (nSPS) is 16.4. The number of aliphatic hydroxyl groups excluding tert-OH is 1. The number of ether oxygens (including phenoxy) is 1. The highest BCUT2D eigenvalue weighted by Crippen LogP contribution is 2.39. The average molecular weight is 411 g/mol. The number of benzene rings is 1. The second-order valence-corrected chi connectivity index (χ2v) is 9.54. The number of rotatable bonds is 4. The maximum Gasteiger partial charge on any atom is 0.271 e. The molecule has 1 amide bonds. The van der Waals surface area contributed by atoms with E-state index in [1.807, 2.05) is 0 Å². The summed E-state index contributed by atoms with van der Waals surface area (Å²) in [7, 11) is 1.71. The standard InChI is InChI=1S/C25H34N2O3/c1-25(2,3)27-11-6-5-8-19-15-21-20-14-18(9-7-13-28)22(30-4)16-17(20)10-12-26(21)23(19)24(27)29/h14-16,28H,5-13H2,1-4H3. The van der Waals surface area contributed by atoms with Gasteiger partial charge in [0.25, 0.3) is 5.91 Å². The Kier molecular flexibility index (Phi) is 5.67. The Bertz CT molecular complexity index is 952. The fourth-order valence-electron chi connectivity index (χ4n) is 4.96. The second-order valence-electron chi connectivity index (χ2n) is 9.54. The summed E-state index contributed by atoms with van der Waals surface area (Å²) in [4.78, 5) is 15.7. The largest absolute Gasteiger partial charge is 0.496 e. The predicted octanol–water partition coefficient (Wildman–Crippen LogP) is 4.22. The van der Waals surface area contributed by atoms with E-state index in [0.717, 1.165) is 67.9 Å². The number of hydrogen-bond acceptors (Lipinski definition) is 3. The SMILES string of the molecule is COc1cc2c(cc1CCCO)-c1cc3c(n1CC2)C(=O)N(C(C)(C)C)CCCC3. The topological polar surface area (TPSA) is 54.7 Å². The highest BCUT2D eigenvalue weighted by molar-refractivity contribution is 5.96. The quantitative estimate of drug-likeness (QED) is 0.821. The lowest BCUT2D eigenvalue weighted by Crippen LogP contribution is -2.47. The Morgan fingerprint density at radius 3 is 2.57 bits per heavy atom. The van der Waals surface area contributed by atoms with Crippen LogP contribution in [0.5, 0.6) is 5.75 Å². The molecule has 5 nitrogen and oxygen atoms in total. The first-order chi connectivity index (χ1) is 14.3. The van der Waals surface area contributed by atoms with E-state index < -0.39 is 0 Å². The van der Waals surface area contributed by atoms with Crippen LogP contribution in [0.1, 0.15) is 67.2 Å². The summed E-state index contributed by atoms with van der Waals surface area (Å²) in [6.07, 6.45) is 5.50. The summed E-state index contributed by atoms with van der Waals surface area (Å²) in [5, 5.41) is 9.28. The Labute approximate surface area is 179 Å². The second kappa shape index (κ2) is 8.10. The number of fused-ring (bicyclic) bond motifs is 5. The van der Waals surface area contributed by atoms with E-state index >= 15 is 0 Å². The van der Waals surface area contributed by atoms with E-state index in [9.17, 15) is 9.90 Å². The number of carbonyl (C=O) groups is 1. The monoisotopic (exact) mass is 410 g/mol. The van der Waals surface area contributed by atoms with Gasteiger partial charge in [0.15, 0.2) is 0 Å². The van der Waals surface area contributed by atoms with Crippen molar-refractivity contribution in [2.24, 2.45) is 0 Å². The molecule has 0 radical (unpaired) electrons. The summed E-state index contributed by atoms with van der Waals surface area (Å²) in [6.45, 7) is 8.19. The van der Waals surface area contributed by atoms with E-state index in [0.29, 0.717) is 6.42 Å². The molecule has 2 aliphatic heterocycles. The Morgan fingerprint density at radius 1 is 1.07 bits per heavy atom. The molecule has 2 aliphatic rings. The highest BCUT2D eigenvalue weighted by Gasteiger charge is 2.34. The average Bonchev–Trinajstić information content (AvgIpc) is 3.06. The van der Waals surface area contributed by atoms with Crippen LogP contribution in [0.2, 0.25) is 0 Å². The molecule has 0 saturated heterocycles. The fourth-order valence-corrected chi connectivity index (χ4v) is 4.96. The maximum atomic E-state index is 13.6. The van der Waals surface area contributed by atoms with Crippen molar-refractivity contribution in [3.63, 3.8) is 0 Å². The molecule has 2 aromatic rings. The molecular weight excluding hydrogens is 376 g/mol. The van der Waals surface area contributed by atoms with Crippen molar-refractivity contribution in [2.45, 2.75) is 71.4 Å². The molecule has 0 bridgehead atoms. The van der Waals surface area contributed by atoms with Gasteiger partial charge in [0.2, 0.25) is 0 Å². The lowest BCUT2D eigenvalue weighted by molar-refractivity contribution is 0.0558. The van der Waals surface area contributed by atoms with Crippen LogP contribution in [0.15, 0.2) is 18.2 Å². The van der Waals surface area contributed by atoms with Crippen LogP contribution in [0.25, 0.3) is 11.3 Å². The van der Waals surface area contributed by atoms with Crippen LogP contribution in [-0.4, -0.2) is 46.3 Å². The van der Waals surface area contributed by atoms with Crippen molar-refractivity contribution >= 4 is 5.91 Å². The highest BCUT2D eigenvalue weighted by atomic mass is 16.5. The zero-order valence-corrected chi connectivity index (χ0v) is 18.8. The van der Waals surface area contributed by atoms with Gasteiger partial charge in [-0.25, -0.2) is 0 Å². The van der Waals surface area contributed by atoms with Crippen LogP contribution < -0.4 is 4.74 Å². The maximum absolute atomic E-state index is 13.6. The zero-order chi connectivity index (χ0) is 21.5. The summed E-state index contributed by atoms with van der Waals surface area (Å²) >= 11 is 0. The van der Waals surface area contributed by atoms with Crippen LogP contribution in [-0.2, 0) is 25.8 Å². The number of methoxy groups -OCH3 is 1. The third-order valence-corrected chi connectivity index (χ3v) is 6.50. The molecular formula is C25H34N2O3. The minimum Gasteiger partial charge on any atom is -0.496 e. The molecule has 4 rings (SSSR count). The lowest BCUT2D eigenvalue weighted by Gasteiger charge is -2.37. The summed E-state index contributed by atoms with van der Waals surface area (Å²) in [6, 6.07) is 6.62.